The number of hydrogen-bond donors (Lipinski definition) is 1. The molecule has 10 nitrogen and oxygen atoms in total. The highest BCUT2D eigenvalue weighted by Crippen LogP contribution is 2.39. The highest BCUT2D eigenvalue weighted by Gasteiger charge is 2.42. The summed E-state index contributed by atoms with van der Waals surface area (Å²) in [4.78, 5) is 13.6. The van der Waals surface area contributed by atoms with Gasteiger partial charge in [-0.2, -0.15) is 17.8 Å². The summed E-state index contributed by atoms with van der Waals surface area (Å²) >= 11 is 13.9. The standard InChI is InChI=1S/C28H27Cl2F2N3O7S2/c29-21-11-34(37)12-22(30)20(21)10-25(17-3-8-24(42-28(31)32)26(9-17)40-13-16-1-2-16)41-27(36)23-14-43-15-35(23)44(38,39)19-6-4-18(33)5-7-19/h3-9,11-12,16,23,25,28H,1-2,10,13-15,33H2/t23-,25-/m0/s1. The lowest BCUT2D eigenvalue weighted by molar-refractivity contribution is -0.605. The Bertz CT molecular complexity index is 1610. The van der Waals surface area contributed by atoms with Crippen LogP contribution in [0.25, 0.3) is 0 Å². The van der Waals surface area contributed by atoms with Crippen LogP contribution in [0.15, 0.2) is 59.8 Å². The zero-order chi connectivity index (χ0) is 31.6. The molecule has 2 N–H and O–H groups in total. The van der Waals surface area contributed by atoms with E-state index in [1.165, 1.54) is 54.2 Å². The highest BCUT2D eigenvalue weighted by atomic mass is 35.5. The second-order valence-corrected chi connectivity index (χ2v) is 13.9. The van der Waals surface area contributed by atoms with Crippen molar-refractivity contribution in [2.45, 2.75) is 42.9 Å². The molecule has 5 rings (SSSR count). The zero-order valence-corrected chi connectivity index (χ0v) is 26.1. The van der Waals surface area contributed by atoms with E-state index in [9.17, 15) is 27.2 Å². The number of benzene rings is 2. The van der Waals surface area contributed by atoms with Gasteiger partial charge >= 0.3 is 12.6 Å². The summed E-state index contributed by atoms with van der Waals surface area (Å²) in [6.07, 6.45) is 2.79. The van der Waals surface area contributed by atoms with Crippen LogP contribution in [0.5, 0.6) is 11.5 Å². The van der Waals surface area contributed by atoms with E-state index in [1.54, 1.807) is 0 Å². The fraction of sp³-hybridized carbons (Fsp3) is 0.357. The van der Waals surface area contributed by atoms with Crippen molar-refractivity contribution >= 4 is 56.6 Å². The molecule has 0 amide bonds. The molecule has 1 aliphatic heterocycles. The van der Waals surface area contributed by atoms with E-state index in [-0.39, 0.29) is 56.7 Å². The molecule has 2 fully saturated rings. The number of nitrogens with zero attached hydrogens (tertiary/aromatic N) is 2. The largest absolute Gasteiger partial charge is 0.619 e. The number of nitrogen functional groups attached to an aromatic ring is 1. The van der Waals surface area contributed by atoms with Gasteiger partial charge in [0.15, 0.2) is 23.9 Å². The Hall–Kier alpha value is -3.04. The van der Waals surface area contributed by atoms with Gasteiger partial charge in [0.05, 0.1) is 17.4 Å². The first-order valence-corrected chi connectivity index (χ1v) is 16.7. The zero-order valence-electron chi connectivity index (χ0n) is 22.9. The summed E-state index contributed by atoms with van der Waals surface area (Å²) < 4.78 is 71.0. The van der Waals surface area contributed by atoms with Crippen molar-refractivity contribution in [3.63, 3.8) is 0 Å². The Balaban J connectivity index is 1.47. The summed E-state index contributed by atoms with van der Waals surface area (Å²) in [5.41, 5.74) is 6.68. The van der Waals surface area contributed by atoms with Gasteiger partial charge in [-0.1, -0.05) is 29.3 Å². The molecule has 16 heteroatoms. The van der Waals surface area contributed by atoms with Gasteiger partial charge < -0.3 is 25.2 Å². The third kappa shape index (κ3) is 7.60. The molecule has 2 aliphatic rings. The first kappa shape index (κ1) is 32.4. The maximum atomic E-state index is 13.7. The lowest BCUT2D eigenvalue weighted by Crippen LogP contribution is -2.43. The van der Waals surface area contributed by atoms with Crippen LogP contribution in [0.4, 0.5) is 14.5 Å². The maximum Gasteiger partial charge on any atom is 0.387 e. The van der Waals surface area contributed by atoms with E-state index in [0.29, 0.717) is 21.9 Å². The van der Waals surface area contributed by atoms with E-state index in [1.807, 2.05) is 0 Å². The molecular formula is C28H27Cl2F2N3O7S2. The van der Waals surface area contributed by atoms with Gasteiger partial charge in [0.25, 0.3) is 0 Å². The Morgan fingerprint density at radius 1 is 1.11 bits per heavy atom. The number of carbonyl (C=O) groups excluding carboxylic acids is 1. The highest BCUT2D eigenvalue weighted by molar-refractivity contribution is 8.00. The van der Waals surface area contributed by atoms with Crippen molar-refractivity contribution in [3.05, 3.63) is 81.2 Å². The minimum absolute atomic E-state index is 0.000358. The maximum absolute atomic E-state index is 13.7. The van der Waals surface area contributed by atoms with Gasteiger partial charge in [-0.25, -0.2) is 8.42 Å². The molecule has 0 radical (unpaired) electrons. The van der Waals surface area contributed by atoms with E-state index < -0.39 is 34.7 Å². The number of anilines is 1. The third-order valence-corrected chi connectivity index (χ3v) is 10.7. The average Bonchev–Trinajstić information content (AvgIpc) is 3.65. The molecule has 236 valence electrons. The van der Waals surface area contributed by atoms with Crippen molar-refractivity contribution in [1.29, 1.82) is 0 Å². The summed E-state index contributed by atoms with van der Waals surface area (Å²) in [7, 11) is -4.09. The molecule has 2 aromatic carbocycles. The molecule has 0 spiro atoms. The molecule has 1 aromatic heterocycles. The Morgan fingerprint density at radius 3 is 2.43 bits per heavy atom. The van der Waals surface area contributed by atoms with Crippen LogP contribution < -0.4 is 19.9 Å². The van der Waals surface area contributed by atoms with Crippen molar-refractivity contribution in [1.82, 2.24) is 4.31 Å². The predicted molar refractivity (Wildman–Crippen MR) is 160 cm³/mol. The first-order chi connectivity index (χ1) is 20.9. The number of nitrogens with two attached hydrogens (primary N) is 1. The normalized spacial score (nSPS) is 17.9. The number of carbonyl (C=O) groups is 1. The van der Waals surface area contributed by atoms with Crippen LogP contribution in [-0.4, -0.2) is 49.6 Å². The second-order valence-electron chi connectivity index (χ2n) is 10.2. The van der Waals surface area contributed by atoms with E-state index in [4.69, 9.17) is 38.4 Å². The number of thioether (sulfide) groups is 1. The summed E-state index contributed by atoms with van der Waals surface area (Å²) in [6.45, 7) is -2.82. The lowest BCUT2D eigenvalue weighted by atomic mass is 10.0. The van der Waals surface area contributed by atoms with Crippen LogP contribution in [0.2, 0.25) is 10.0 Å². The van der Waals surface area contributed by atoms with Crippen molar-refractivity contribution in [3.8, 4) is 11.5 Å². The molecule has 1 saturated carbocycles. The fourth-order valence-corrected chi connectivity index (χ4v) is 8.23. The third-order valence-electron chi connectivity index (χ3n) is 7.03. The molecule has 1 saturated heterocycles. The van der Waals surface area contributed by atoms with Crippen LogP contribution in [0.1, 0.15) is 30.1 Å². The Morgan fingerprint density at radius 2 is 1.80 bits per heavy atom. The number of ether oxygens (including phenoxy) is 3. The SMILES string of the molecule is Nc1ccc(S(=O)(=O)N2CSC[C@H]2C(=O)O[C@@H](Cc2c(Cl)c[n+]([O-])cc2Cl)c2ccc(OC(F)F)c(OCC3CC3)c2)cc1. The van der Waals surface area contributed by atoms with Gasteiger partial charge in [0.1, 0.15) is 22.2 Å². The first-order valence-electron chi connectivity index (χ1n) is 13.4. The van der Waals surface area contributed by atoms with E-state index in [0.717, 1.165) is 29.5 Å². The van der Waals surface area contributed by atoms with Crippen LogP contribution >= 0.6 is 35.0 Å². The van der Waals surface area contributed by atoms with Crippen molar-refractivity contribution in [2.24, 2.45) is 5.92 Å². The monoisotopic (exact) mass is 689 g/mol. The predicted octanol–water partition coefficient (Wildman–Crippen LogP) is 5.19. The summed E-state index contributed by atoms with van der Waals surface area (Å²) in [5, 5.41) is 11.8. The minimum atomic E-state index is -4.09. The van der Waals surface area contributed by atoms with Gasteiger partial charge in [-0.3, -0.25) is 4.79 Å². The molecule has 0 unspecified atom stereocenters. The molecular weight excluding hydrogens is 663 g/mol. The molecule has 3 aromatic rings. The van der Waals surface area contributed by atoms with Crippen LogP contribution in [-0.2, 0) is 26.0 Å². The van der Waals surface area contributed by atoms with Gasteiger partial charge in [0.2, 0.25) is 10.0 Å². The number of halogens is 4. The summed E-state index contributed by atoms with van der Waals surface area (Å²) in [5.74, 6) is -0.612. The Kier molecular flexibility index (Phi) is 9.95. The number of hydrogen-bond acceptors (Lipinski definition) is 9. The molecule has 1 aliphatic carbocycles. The molecule has 0 bridgehead atoms. The number of pyridine rings is 1. The number of sulfonamides is 1. The quantitative estimate of drug-likeness (QED) is 0.118. The van der Waals surface area contributed by atoms with Gasteiger partial charge in [0, 0.05) is 23.4 Å². The molecule has 2 heterocycles. The summed E-state index contributed by atoms with van der Waals surface area (Å²) in [6, 6.07) is 8.54. The number of aromatic nitrogens is 1. The molecule has 44 heavy (non-hydrogen) atoms. The lowest BCUT2D eigenvalue weighted by Gasteiger charge is -2.26. The minimum Gasteiger partial charge on any atom is -0.619 e. The number of alkyl halides is 2. The average molecular weight is 691 g/mol. The van der Waals surface area contributed by atoms with Crippen molar-refractivity contribution in [2.75, 3.05) is 24.0 Å². The topological polar surface area (TPSA) is 135 Å². The van der Waals surface area contributed by atoms with Gasteiger partial charge in [-0.05, 0) is 60.7 Å². The molecule has 2 atom stereocenters. The number of esters is 1. The number of rotatable bonds is 12. The second kappa shape index (κ2) is 13.5. The van der Waals surface area contributed by atoms with E-state index >= 15 is 0 Å². The smallest absolute Gasteiger partial charge is 0.387 e. The Labute approximate surface area is 266 Å². The van der Waals surface area contributed by atoms with Crippen LogP contribution in [0.3, 0.4) is 0 Å². The van der Waals surface area contributed by atoms with Gasteiger partial charge in [-0.15, -0.1) is 11.8 Å². The van der Waals surface area contributed by atoms with Crippen molar-refractivity contribution < 1.29 is 40.9 Å². The van der Waals surface area contributed by atoms with E-state index in [2.05, 4.69) is 4.74 Å². The van der Waals surface area contributed by atoms with Crippen LogP contribution in [0, 0.1) is 11.1 Å². The fourth-order valence-electron chi connectivity index (χ4n) is 4.51.